The number of Topliss-reactive ketones (excluding diaryl/α,β-unsaturated/α-hetero) is 1. The third-order valence-electron chi connectivity index (χ3n) is 4.49. The molecule has 0 spiro atoms. The van der Waals surface area contributed by atoms with E-state index < -0.39 is 0 Å². The molecule has 0 saturated carbocycles. The normalized spacial score (nSPS) is 10.4. The molecule has 0 fully saturated rings. The molecule has 3 aromatic rings. The molecule has 0 unspecified atom stereocenters. The van der Waals surface area contributed by atoms with Crippen LogP contribution >= 0.6 is 0 Å². The Balaban J connectivity index is 1.70. The van der Waals surface area contributed by atoms with Crippen molar-refractivity contribution in [2.24, 2.45) is 7.05 Å². The zero-order valence-corrected chi connectivity index (χ0v) is 16.4. The van der Waals surface area contributed by atoms with Gasteiger partial charge in [0.2, 0.25) is 11.7 Å². The number of carbonyl (C=O) groups excluding carboxylic acids is 3. The number of aryl methyl sites for hydroxylation is 1. The third-order valence-corrected chi connectivity index (χ3v) is 4.49. The quantitative estimate of drug-likeness (QED) is 0.625. The summed E-state index contributed by atoms with van der Waals surface area (Å²) in [6.07, 6.45) is 3.33. The summed E-state index contributed by atoms with van der Waals surface area (Å²) < 4.78 is 6.93. The van der Waals surface area contributed by atoms with E-state index in [1.165, 1.54) is 14.0 Å². The van der Waals surface area contributed by atoms with Gasteiger partial charge in [-0.2, -0.15) is 0 Å². The van der Waals surface area contributed by atoms with E-state index in [0.29, 0.717) is 34.0 Å². The summed E-state index contributed by atoms with van der Waals surface area (Å²) in [5, 5.41) is 2.79. The van der Waals surface area contributed by atoms with E-state index in [1.54, 1.807) is 66.5 Å². The van der Waals surface area contributed by atoms with E-state index in [0.717, 1.165) is 0 Å². The van der Waals surface area contributed by atoms with Gasteiger partial charge in [-0.25, -0.2) is 4.98 Å². The van der Waals surface area contributed by atoms with Gasteiger partial charge in [0, 0.05) is 41.8 Å². The van der Waals surface area contributed by atoms with E-state index in [-0.39, 0.29) is 23.9 Å². The number of rotatable bonds is 7. The first-order valence-corrected chi connectivity index (χ1v) is 8.99. The standard InChI is InChI=1S/C22H21N3O4/c1-14(26)16-6-9-19(29-3)17(12-16)13-20(27)24-18-7-4-15(5-8-18)21(28)22-23-10-11-25(22)2/h4-12H,13H2,1-3H3,(H,24,27). The minimum atomic E-state index is -0.257. The van der Waals surface area contributed by atoms with Gasteiger partial charge in [0.25, 0.3) is 0 Å². The lowest BCUT2D eigenvalue weighted by atomic mass is 10.0. The van der Waals surface area contributed by atoms with Gasteiger partial charge in [-0.3, -0.25) is 14.4 Å². The molecule has 1 amide bonds. The fourth-order valence-electron chi connectivity index (χ4n) is 2.93. The lowest BCUT2D eigenvalue weighted by molar-refractivity contribution is -0.115. The molecule has 3 rings (SSSR count). The first kappa shape index (κ1) is 20.0. The largest absolute Gasteiger partial charge is 0.496 e. The zero-order chi connectivity index (χ0) is 21.0. The maximum atomic E-state index is 12.4. The SMILES string of the molecule is COc1ccc(C(C)=O)cc1CC(=O)Nc1ccc(C(=O)c2nccn2C)cc1. The Morgan fingerprint density at radius 1 is 1.07 bits per heavy atom. The number of ether oxygens (including phenoxy) is 1. The van der Waals surface area contributed by atoms with Crippen LogP contribution in [-0.2, 0) is 18.3 Å². The van der Waals surface area contributed by atoms with Gasteiger partial charge >= 0.3 is 0 Å². The number of aromatic nitrogens is 2. The summed E-state index contributed by atoms with van der Waals surface area (Å²) in [4.78, 5) is 40.5. The van der Waals surface area contributed by atoms with Gasteiger partial charge in [0.1, 0.15) is 5.75 Å². The number of nitrogens with zero attached hydrogens (tertiary/aromatic N) is 2. The van der Waals surface area contributed by atoms with E-state index >= 15 is 0 Å². The van der Waals surface area contributed by atoms with Crippen molar-refractivity contribution in [1.82, 2.24) is 9.55 Å². The number of amides is 1. The molecule has 1 aromatic heterocycles. The number of methoxy groups -OCH3 is 1. The van der Waals surface area contributed by atoms with Gasteiger partial charge in [0.05, 0.1) is 13.5 Å². The second kappa shape index (κ2) is 8.52. The van der Waals surface area contributed by atoms with Gasteiger partial charge in [-0.1, -0.05) is 0 Å². The molecular formula is C22H21N3O4. The van der Waals surface area contributed by atoms with E-state index in [9.17, 15) is 14.4 Å². The van der Waals surface area contributed by atoms with Gasteiger partial charge in [-0.15, -0.1) is 0 Å². The van der Waals surface area contributed by atoms with E-state index in [1.807, 2.05) is 0 Å². The molecule has 1 N–H and O–H groups in total. The summed E-state index contributed by atoms with van der Waals surface area (Å²) in [6.45, 7) is 1.47. The topological polar surface area (TPSA) is 90.3 Å². The predicted octanol–water partition coefficient (Wildman–Crippen LogP) is 3.04. The minimum Gasteiger partial charge on any atom is -0.496 e. The molecule has 29 heavy (non-hydrogen) atoms. The number of imidazole rings is 1. The summed E-state index contributed by atoms with van der Waals surface area (Å²) >= 11 is 0. The van der Waals surface area contributed by atoms with Gasteiger partial charge in [0.15, 0.2) is 11.6 Å². The van der Waals surface area contributed by atoms with Crippen LogP contribution in [0.4, 0.5) is 5.69 Å². The smallest absolute Gasteiger partial charge is 0.228 e. The van der Waals surface area contributed by atoms with Crippen molar-refractivity contribution in [3.05, 3.63) is 77.4 Å². The number of carbonyl (C=O) groups is 3. The predicted molar refractivity (Wildman–Crippen MR) is 108 cm³/mol. The summed E-state index contributed by atoms with van der Waals surface area (Å²) in [5.74, 6) is 0.357. The molecule has 0 bridgehead atoms. The molecular weight excluding hydrogens is 370 g/mol. The van der Waals surface area contributed by atoms with Crippen molar-refractivity contribution in [3.63, 3.8) is 0 Å². The highest BCUT2D eigenvalue weighted by Gasteiger charge is 2.15. The number of hydrogen-bond acceptors (Lipinski definition) is 5. The molecule has 0 radical (unpaired) electrons. The van der Waals surface area contributed by atoms with Crippen LogP contribution in [0.2, 0.25) is 0 Å². The Hall–Kier alpha value is -3.74. The van der Waals surface area contributed by atoms with Gasteiger partial charge in [-0.05, 0) is 49.4 Å². The zero-order valence-electron chi connectivity index (χ0n) is 16.4. The highest BCUT2D eigenvalue weighted by molar-refractivity contribution is 6.07. The van der Waals surface area contributed by atoms with E-state index in [4.69, 9.17) is 4.74 Å². The second-order valence-corrected chi connectivity index (χ2v) is 6.58. The highest BCUT2D eigenvalue weighted by Crippen LogP contribution is 2.22. The Bertz CT molecular complexity index is 1070. The van der Waals surface area contributed by atoms with Crippen LogP contribution in [-0.4, -0.2) is 34.1 Å². The molecule has 7 heteroatoms. The van der Waals surface area contributed by atoms with Crippen LogP contribution in [0.3, 0.4) is 0 Å². The van der Waals surface area contributed by atoms with Crippen LogP contribution < -0.4 is 10.1 Å². The number of nitrogens with one attached hydrogen (secondary N) is 1. The maximum Gasteiger partial charge on any atom is 0.228 e. The summed E-state index contributed by atoms with van der Waals surface area (Å²) in [5.41, 5.74) is 2.19. The van der Waals surface area contributed by atoms with Crippen LogP contribution in [0, 0.1) is 0 Å². The summed E-state index contributed by atoms with van der Waals surface area (Å²) in [6, 6.07) is 11.6. The molecule has 0 saturated heterocycles. The molecule has 2 aromatic carbocycles. The van der Waals surface area contributed by atoms with Crippen molar-refractivity contribution in [1.29, 1.82) is 0 Å². The van der Waals surface area contributed by atoms with Crippen molar-refractivity contribution in [3.8, 4) is 5.75 Å². The molecule has 0 aliphatic rings. The fourth-order valence-corrected chi connectivity index (χ4v) is 2.93. The first-order chi connectivity index (χ1) is 13.9. The number of anilines is 1. The highest BCUT2D eigenvalue weighted by atomic mass is 16.5. The van der Waals surface area contributed by atoms with Crippen molar-refractivity contribution < 1.29 is 19.1 Å². The minimum absolute atomic E-state index is 0.0538. The first-order valence-electron chi connectivity index (χ1n) is 8.99. The van der Waals surface area contributed by atoms with Crippen molar-refractivity contribution >= 4 is 23.2 Å². The average Bonchev–Trinajstić information content (AvgIpc) is 3.13. The Labute approximate surface area is 168 Å². The van der Waals surface area contributed by atoms with Crippen LogP contribution in [0.25, 0.3) is 0 Å². The number of benzene rings is 2. The molecule has 148 valence electrons. The lowest BCUT2D eigenvalue weighted by Gasteiger charge is -2.11. The lowest BCUT2D eigenvalue weighted by Crippen LogP contribution is -2.15. The molecule has 0 aliphatic carbocycles. The van der Waals surface area contributed by atoms with Crippen LogP contribution in [0.15, 0.2) is 54.9 Å². The molecule has 1 heterocycles. The molecule has 0 atom stereocenters. The number of ketones is 2. The summed E-state index contributed by atoms with van der Waals surface area (Å²) in [7, 11) is 3.27. The van der Waals surface area contributed by atoms with E-state index in [2.05, 4.69) is 10.3 Å². The van der Waals surface area contributed by atoms with Crippen LogP contribution in [0.5, 0.6) is 5.75 Å². The van der Waals surface area contributed by atoms with Gasteiger partial charge < -0.3 is 14.6 Å². The maximum absolute atomic E-state index is 12.4. The number of hydrogen-bond donors (Lipinski definition) is 1. The fraction of sp³-hybridized carbons (Fsp3) is 0.182. The van der Waals surface area contributed by atoms with Crippen molar-refractivity contribution in [2.75, 3.05) is 12.4 Å². The Morgan fingerprint density at radius 3 is 2.34 bits per heavy atom. The monoisotopic (exact) mass is 391 g/mol. The van der Waals surface area contributed by atoms with Crippen molar-refractivity contribution in [2.45, 2.75) is 13.3 Å². The van der Waals surface area contributed by atoms with Crippen LogP contribution in [0.1, 0.15) is 39.0 Å². The second-order valence-electron chi connectivity index (χ2n) is 6.58. The molecule has 7 nitrogen and oxygen atoms in total. The third kappa shape index (κ3) is 4.57. The Morgan fingerprint density at radius 2 is 1.76 bits per heavy atom. The Kier molecular flexibility index (Phi) is 5.87. The molecule has 0 aliphatic heterocycles. The average molecular weight is 391 g/mol.